The first-order valence-corrected chi connectivity index (χ1v) is 11.6. The van der Waals surface area contributed by atoms with Gasteiger partial charge in [-0.3, -0.25) is 4.79 Å². The van der Waals surface area contributed by atoms with Crippen LogP contribution in [0.1, 0.15) is 32.6 Å². The monoisotopic (exact) mass is 440 g/mol. The Bertz CT molecular complexity index is 877. The molecule has 3 rings (SSSR count). The third-order valence-corrected chi connectivity index (χ3v) is 7.48. The molecule has 1 aliphatic carbocycles. The van der Waals surface area contributed by atoms with Crippen molar-refractivity contribution < 1.29 is 22.3 Å². The molecule has 1 aromatic rings. The van der Waals surface area contributed by atoms with Gasteiger partial charge in [0, 0.05) is 42.7 Å². The fourth-order valence-corrected chi connectivity index (χ4v) is 4.69. The number of hydrogen-bond acceptors (Lipinski definition) is 6. The average Bonchev–Trinajstić information content (AvgIpc) is 3.55. The Morgan fingerprint density at radius 1 is 1.37 bits per heavy atom. The van der Waals surface area contributed by atoms with Gasteiger partial charge in [0.25, 0.3) is 0 Å². The summed E-state index contributed by atoms with van der Waals surface area (Å²) in [5, 5.41) is 5.85. The minimum atomic E-state index is -3.71. The minimum absolute atomic E-state index is 0.0179. The SMILES string of the molecule is CNC/C(=C/F)COc1ccc(S(=O)(=O)N2CCC(C)(C(=O)NC3CC3)CC2)cn1. The molecule has 0 radical (unpaired) electrons. The van der Waals surface area contributed by atoms with Crippen molar-refractivity contribution in [1.29, 1.82) is 0 Å². The molecular weight excluding hydrogens is 411 g/mol. The lowest BCUT2D eigenvalue weighted by molar-refractivity contribution is -0.132. The van der Waals surface area contributed by atoms with Gasteiger partial charge >= 0.3 is 0 Å². The number of rotatable bonds is 9. The van der Waals surface area contributed by atoms with Crippen molar-refractivity contribution in [2.45, 2.75) is 43.5 Å². The van der Waals surface area contributed by atoms with Crippen molar-refractivity contribution in [2.24, 2.45) is 5.41 Å². The highest BCUT2D eigenvalue weighted by Gasteiger charge is 2.41. The van der Waals surface area contributed by atoms with Crippen LogP contribution >= 0.6 is 0 Å². The summed E-state index contributed by atoms with van der Waals surface area (Å²) < 4.78 is 45.4. The summed E-state index contributed by atoms with van der Waals surface area (Å²) in [6, 6.07) is 3.18. The van der Waals surface area contributed by atoms with E-state index in [1.807, 2.05) is 6.92 Å². The lowest BCUT2D eigenvalue weighted by atomic mass is 9.80. The van der Waals surface area contributed by atoms with Crippen LogP contribution in [-0.4, -0.2) is 62.9 Å². The smallest absolute Gasteiger partial charge is 0.244 e. The second-order valence-electron chi connectivity index (χ2n) is 8.13. The predicted molar refractivity (Wildman–Crippen MR) is 110 cm³/mol. The number of ether oxygens (including phenoxy) is 1. The summed E-state index contributed by atoms with van der Waals surface area (Å²) in [6.07, 6.45) is 4.72. The molecule has 0 aromatic carbocycles. The number of carbonyl (C=O) groups excluding carboxylic acids is 1. The number of nitrogens with one attached hydrogen (secondary N) is 2. The van der Waals surface area contributed by atoms with Gasteiger partial charge in [-0.1, -0.05) is 6.92 Å². The molecule has 1 aliphatic heterocycles. The standard InChI is InChI=1S/C20H29FN4O4S/c1-20(19(26)24-16-3-4-16)7-9-25(10-8-20)30(27,28)17-5-6-18(23-13-17)29-14-15(11-21)12-22-2/h5-6,11,13,16,22H,3-4,7-10,12,14H2,1-2H3,(H,24,26)/b15-11-. The van der Waals surface area contributed by atoms with Gasteiger partial charge in [0.15, 0.2) is 0 Å². The van der Waals surface area contributed by atoms with Crippen molar-refractivity contribution in [1.82, 2.24) is 19.9 Å². The molecule has 1 saturated heterocycles. The molecule has 0 unspecified atom stereocenters. The zero-order valence-corrected chi connectivity index (χ0v) is 18.2. The quantitative estimate of drug-likeness (QED) is 0.605. The molecule has 8 nitrogen and oxygen atoms in total. The number of nitrogens with zero attached hydrogens (tertiary/aromatic N) is 2. The first-order chi connectivity index (χ1) is 14.3. The van der Waals surface area contributed by atoms with E-state index < -0.39 is 15.4 Å². The molecule has 2 heterocycles. The van der Waals surface area contributed by atoms with Crippen LogP contribution in [0.4, 0.5) is 4.39 Å². The minimum Gasteiger partial charge on any atom is -0.473 e. The maximum atomic E-state index is 12.9. The molecule has 1 saturated carbocycles. The highest BCUT2D eigenvalue weighted by Crippen LogP contribution is 2.34. The van der Waals surface area contributed by atoms with Gasteiger partial charge in [0.05, 0.1) is 12.5 Å². The van der Waals surface area contributed by atoms with Crippen molar-refractivity contribution in [3.63, 3.8) is 0 Å². The summed E-state index contributed by atoms with van der Waals surface area (Å²) in [6.45, 7) is 2.82. The topological polar surface area (TPSA) is 101 Å². The summed E-state index contributed by atoms with van der Waals surface area (Å²) >= 11 is 0. The molecule has 0 bridgehead atoms. The van der Waals surface area contributed by atoms with Gasteiger partial charge in [-0.2, -0.15) is 4.31 Å². The number of halogens is 1. The van der Waals surface area contributed by atoms with Crippen LogP contribution in [0, 0.1) is 5.41 Å². The number of pyridine rings is 1. The lowest BCUT2D eigenvalue weighted by Gasteiger charge is -2.37. The molecule has 166 valence electrons. The van der Waals surface area contributed by atoms with Crippen molar-refractivity contribution in [2.75, 3.05) is 33.3 Å². The van der Waals surface area contributed by atoms with Gasteiger partial charge in [-0.15, -0.1) is 0 Å². The summed E-state index contributed by atoms with van der Waals surface area (Å²) in [7, 11) is -2.01. The van der Waals surface area contributed by atoms with Crippen molar-refractivity contribution in [3.8, 4) is 5.88 Å². The van der Waals surface area contributed by atoms with Gasteiger partial charge < -0.3 is 15.4 Å². The molecule has 30 heavy (non-hydrogen) atoms. The van der Waals surface area contributed by atoms with E-state index in [2.05, 4.69) is 15.6 Å². The lowest BCUT2D eigenvalue weighted by Crippen LogP contribution is -2.49. The maximum absolute atomic E-state index is 12.9. The molecule has 1 aromatic heterocycles. The maximum Gasteiger partial charge on any atom is 0.244 e. The van der Waals surface area contributed by atoms with Crippen LogP contribution in [0.15, 0.2) is 35.1 Å². The van der Waals surface area contributed by atoms with Gasteiger partial charge in [-0.25, -0.2) is 17.8 Å². The van der Waals surface area contributed by atoms with E-state index in [9.17, 15) is 17.6 Å². The van der Waals surface area contributed by atoms with Crippen LogP contribution in [-0.2, 0) is 14.8 Å². The highest BCUT2D eigenvalue weighted by molar-refractivity contribution is 7.89. The van der Waals surface area contributed by atoms with E-state index >= 15 is 0 Å². The molecule has 1 amide bonds. The third-order valence-electron chi connectivity index (χ3n) is 5.60. The third kappa shape index (κ3) is 5.35. The number of sulfonamides is 1. The Hall–Kier alpha value is -2.04. The summed E-state index contributed by atoms with van der Waals surface area (Å²) in [4.78, 5) is 16.6. The average molecular weight is 441 g/mol. The van der Waals surface area contributed by atoms with E-state index in [-0.39, 0.29) is 42.4 Å². The number of aromatic nitrogens is 1. The van der Waals surface area contributed by atoms with Crippen LogP contribution in [0.5, 0.6) is 5.88 Å². The number of hydrogen-bond donors (Lipinski definition) is 2. The predicted octanol–water partition coefficient (Wildman–Crippen LogP) is 1.60. The first kappa shape index (κ1) is 22.6. The Labute approximate surface area is 176 Å². The van der Waals surface area contributed by atoms with Gasteiger partial charge in [0.2, 0.25) is 21.8 Å². The van der Waals surface area contributed by atoms with Crippen molar-refractivity contribution in [3.05, 3.63) is 30.2 Å². The fraction of sp³-hybridized carbons (Fsp3) is 0.600. The van der Waals surface area contributed by atoms with Crippen LogP contribution in [0.2, 0.25) is 0 Å². The Kier molecular flexibility index (Phi) is 7.10. The zero-order valence-electron chi connectivity index (χ0n) is 17.4. The molecule has 2 fully saturated rings. The van der Waals surface area contributed by atoms with E-state index in [1.54, 1.807) is 7.05 Å². The van der Waals surface area contributed by atoms with E-state index in [0.717, 1.165) is 12.8 Å². The van der Waals surface area contributed by atoms with Crippen LogP contribution in [0.25, 0.3) is 0 Å². The number of likely N-dealkylation sites (N-methyl/N-ethyl adjacent to an activating group) is 1. The molecule has 2 aliphatic rings. The summed E-state index contributed by atoms with van der Waals surface area (Å²) in [5.41, 5.74) is -0.127. The number of piperidine rings is 1. The highest BCUT2D eigenvalue weighted by atomic mass is 32.2. The van der Waals surface area contributed by atoms with E-state index in [1.165, 1.54) is 22.6 Å². The van der Waals surface area contributed by atoms with E-state index in [4.69, 9.17) is 4.74 Å². The molecule has 10 heteroatoms. The van der Waals surface area contributed by atoms with Gasteiger partial charge in [-0.05, 0) is 38.8 Å². The van der Waals surface area contributed by atoms with E-state index in [0.29, 0.717) is 31.3 Å². The molecule has 2 N–H and O–H groups in total. The Morgan fingerprint density at radius 2 is 2.07 bits per heavy atom. The van der Waals surface area contributed by atoms with Crippen molar-refractivity contribution >= 4 is 15.9 Å². The van der Waals surface area contributed by atoms with Gasteiger partial charge in [0.1, 0.15) is 11.5 Å². The molecule has 0 spiro atoms. The van der Waals surface area contributed by atoms with Crippen LogP contribution in [0.3, 0.4) is 0 Å². The fourth-order valence-electron chi connectivity index (χ4n) is 3.30. The summed E-state index contributed by atoms with van der Waals surface area (Å²) in [5.74, 6) is 0.234. The number of amides is 1. The Morgan fingerprint density at radius 3 is 2.60 bits per heavy atom. The zero-order chi connectivity index (χ0) is 21.8. The second-order valence-corrected chi connectivity index (χ2v) is 10.1. The molecular formula is C20H29FN4O4S. The second kappa shape index (κ2) is 9.40. The van der Waals surface area contributed by atoms with Crippen LogP contribution < -0.4 is 15.4 Å². The normalized spacial score (nSPS) is 20.0. The number of carbonyl (C=O) groups is 1. The first-order valence-electron chi connectivity index (χ1n) is 10.1. The largest absolute Gasteiger partial charge is 0.473 e. The molecule has 0 atom stereocenters. The Balaban J connectivity index is 1.58.